The monoisotopic (exact) mass is 352 g/mol. The lowest BCUT2D eigenvalue weighted by atomic mass is 10.1. The summed E-state index contributed by atoms with van der Waals surface area (Å²) in [6.07, 6.45) is 0. The van der Waals surface area contributed by atoms with Crippen molar-refractivity contribution >= 4 is 33.4 Å². The van der Waals surface area contributed by atoms with E-state index in [2.05, 4.69) is 10.3 Å². The summed E-state index contributed by atoms with van der Waals surface area (Å²) in [6, 6.07) is 16.6. The quantitative estimate of drug-likeness (QED) is 0.563. The summed E-state index contributed by atoms with van der Waals surface area (Å²) in [4.78, 5) is 15.2. The number of aromatic nitrogens is 1. The molecule has 130 valence electrons. The van der Waals surface area contributed by atoms with Crippen molar-refractivity contribution in [3.8, 4) is 5.75 Å². The average molecular weight is 352 g/mol. The Morgan fingerprint density at radius 3 is 2.58 bits per heavy atom. The molecule has 0 saturated carbocycles. The van der Waals surface area contributed by atoms with Gasteiger partial charge in [-0.3, -0.25) is 4.79 Å². The van der Waals surface area contributed by atoms with Gasteiger partial charge in [0.15, 0.2) is 18.2 Å². The third-order valence-corrected chi connectivity index (χ3v) is 4.05. The number of hydrogen-bond donors (Lipinski definition) is 2. The van der Waals surface area contributed by atoms with Crippen molar-refractivity contribution in [3.63, 3.8) is 0 Å². The molecule has 0 aliphatic rings. The maximum atomic E-state index is 13.2. The summed E-state index contributed by atoms with van der Waals surface area (Å²) in [7, 11) is 0. The fraction of sp³-hybridized carbons (Fsp3) is 0.0500. The Labute approximate surface area is 147 Å². The Kier molecular flexibility index (Phi) is 4.01. The molecule has 0 atom stereocenters. The van der Waals surface area contributed by atoms with E-state index in [-0.39, 0.29) is 12.3 Å². The van der Waals surface area contributed by atoms with Gasteiger partial charge in [-0.1, -0.05) is 18.2 Å². The highest BCUT2D eigenvalue weighted by Crippen LogP contribution is 2.28. The van der Waals surface area contributed by atoms with E-state index < -0.39 is 17.5 Å². The second kappa shape index (κ2) is 6.48. The van der Waals surface area contributed by atoms with Crippen LogP contribution in [-0.2, 0) is 4.79 Å². The zero-order valence-corrected chi connectivity index (χ0v) is 13.6. The molecule has 1 aromatic heterocycles. The van der Waals surface area contributed by atoms with Gasteiger partial charge >= 0.3 is 0 Å². The maximum absolute atomic E-state index is 13.2. The second-order valence-corrected chi connectivity index (χ2v) is 5.84. The van der Waals surface area contributed by atoms with E-state index in [9.17, 15) is 13.6 Å². The first-order valence-corrected chi connectivity index (χ1v) is 7.98. The lowest BCUT2D eigenvalue weighted by Crippen LogP contribution is -2.20. The van der Waals surface area contributed by atoms with Gasteiger partial charge < -0.3 is 15.0 Å². The average Bonchev–Trinajstić information content (AvgIpc) is 3.01. The molecule has 1 amide bonds. The first-order chi connectivity index (χ1) is 12.6. The van der Waals surface area contributed by atoms with E-state index in [1.54, 1.807) is 6.07 Å². The molecule has 2 N–H and O–H groups in total. The maximum Gasteiger partial charge on any atom is 0.262 e. The lowest BCUT2D eigenvalue weighted by molar-refractivity contribution is -0.118. The van der Waals surface area contributed by atoms with Crippen LogP contribution in [0.15, 0.2) is 60.7 Å². The summed E-state index contributed by atoms with van der Waals surface area (Å²) in [6.45, 7) is -0.245. The molecule has 0 saturated heterocycles. The van der Waals surface area contributed by atoms with Crippen LogP contribution in [0.5, 0.6) is 5.75 Å². The van der Waals surface area contributed by atoms with Crippen molar-refractivity contribution in [2.45, 2.75) is 0 Å². The normalized spacial score (nSPS) is 11.0. The Bertz CT molecular complexity index is 1120. The van der Waals surface area contributed by atoms with Gasteiger partial charge in [-0.2, -0.15) is 0 Å². The van der Waals surface area contributed by atoms with Crippen LogP contribution in [0, 0.1) is 11.6 Å². The number of carbonyl (C=O) groups is 1. The van der Waals surface area contributed by atoms with E-state index in [4.69, 9.17) is 4.74 Å². The SMILES string of the molecule is O=C(COc1ccc2c(c1)[nH]c1ccccc12)Nc1ccc(F)c(F)c1. The predicted molar refractivity (Wildman–Crippen MR) is 96.3 cm³/mol. The summed E-state index contributed by atoms with van der Waals surface area (Å²) in [5.41, 5.74) is 2.10. The lowest BCUT2D eigenvalue weighted by Gasteiger charge is -2.08. The summed E-state index contributed by atoms with van der Waals surface area (Å²) in [5, 5.41) is 4.65. The van der Waals surface area contributed by atoms with Gasteiger partial charge in [0.2, 0.25) is 0 Å². The van der Waals surface area contributed by atoms with Crippen molar-refractivity contribution in [1.82, 2.24) is 4.98 Å². The van der Waals surface area contributed by atoms with E-state index >= 15 is 0 Å². The summed E-state index contributed by atoms with van der Waals surface area (Å²) in [5.74, 6) is -1.92. The molecule has 4 rings (SSSR count). The molecule has 1 heterocycles. The third-order valence-electron chi connectivity index (χ3n) is 4.05. The Balaban J connectivity index is 1.46. The Hall–Kier alpha value is -3.41. The Morgan fingerprint density at radius 1 is 0.923 bits per heavy atom. The topological polar surface area (TPSA) is 54.1 Å². The smallest absolute Gasteiger partial charge is 0.262 e. The molecule has 0 aliphatic heterocycles. The van der Waals surface area contributed by atoms with Gasteiger partial charge in [0.25, 0.3) is 5.91 Å². The van der Waals surface area contributed by atoms with Gasteiger partial charge in [-0.25, -0.2) is 8.78 Å². The van der Waals surface area contributed by atoms with Gasteiger partial charge in [-0.05, 0) is 30.3 Å². The molecule has 4 nitrogen and oxygen atoms in total. The number of ether oxygens (including phenoxy) is 1. The third kappa shape index (κ3) is 3.09. The number of aromatic amines is 1. The molecule has 0 fully saturated rings. The van der Waals surface area contributed by atoms with Crippen LogP contribution in [0.1, 0.15) is 0 Å². The van der Waals surface area contributed by atoms with E-state index in [0.29, 0.717) is 5.75 Å². The first-order valence-electron chi connectivity index (χ1n) is 7.98. The highest BCUT2D eigenvalue weighted by molar-refractivity contribution is 6.07. The number of nitrogens with one attached hydrogen (secondary N) is 2. The number of anilines is 1. The van der Waals surface area contributed by atoms with Crippen LogP contribution in [0.4, 0.5) is 14.5 Å². The van der Waals surface area contributed by atoms with Crippen LogP contribution in [0.25, 0.3) is 21.8 Å². The largest absolute Gasteiger partial charge is 0.484 e. The number of H-pyrrole nitrogens is 1. The number of halogens is 2. The predicted octanol–water partition coefficient (Wildman–Crippen LogP) is 4.62. The fourth-order valence-corrected chi connectivity index (χ4v) is 2.84. The molecular weight excluding hydrogens is 338 g/mol. The molecule has 0 radical (unpaired) electrons. The minimum atomic E-state index is -1.02. The van der Waals surface area contributed by atoms with Crippen LogP contribution >= 0.6 is 0 Å². The molecule has 0 unspecified atom stereocenters. The minimum absolute atomic E-state index is 0.170. The standard InChI is InChI=1S/C20H14F2N2O2/c21-16-8-5-12(9-17(16)22)23-20(25)11-26-13-6-7-15-14-3-1-2-4-18(14)24-19(15)10-13/h1-10,24H,11H2,(H,23,25). The number of hydrogen-bond acceptors (Lipinski definition) is 2. The molecular formula is C20H14F2N2O2. The summed E-state index contributed by atoms with van der Waals surface area (Å²) >= 11 is 0. The highest BCUT2D eigenvalue weighted by atomic mass is 19.2. The van der Waals surface area contributed by atoms with E-state index in [1.807, 2.05) is 36.4 Å². The zero-order valence-electron chi connectivity index (χ0n) is 13.6. The number of carbonyl (C=O) groups excluding carboxylic acids is 1. The van der Waals surface area contributed by atoms with Crippen molar-refractivity contribution in [3.05, 3.63) is 72.3 Å². The fourth-order valence-electron chi connectivity index (χ4n) is 2.84. The van der Waals surface area contributed by atoms with Crippen molar-refractivity contribution in [2.75, 3.05) is 11.9 Å². The van der Waals surface area contributed by atoms with Gasteiger partial charge in [-0.15, -0.1) is 0 Å². The van der Waals surface area contributed by atoms with Crippen LogP contribution in [0.2, 0.25) is 0 Å². The molecule has 26 heavy (non-hydrogen) atoms. The highest BCUT2D eigenvalue weighted by Gasteiger charge is 2.09. The van der Waals surface area contributed by atoms with Crippen LogP contribution in [0.3, 0.4) is 0 Å². The minimum Gasteiger partial charge on any atom is -0.484 e. The zero-order chi connectivity index (χ0) is 18.1. The van der Waals surface area contributed by atoms with E-state index in [1.165, 1.54) is 6.07 Å². The molecule has 0 aliphatic carbocycles. The molecule has 3 aromatic carbocycles. The van der Waals surface area contributed by atoms with E-state index in [0.717, 1.165) is 33.9 Å². The Morgan fingerprint density at radius 2 is 1.73 bits per heavy atom. The van der Waals surface area contributed by atoms with Gasteiger partial charge in [0.1, 0.15) is 5.75 Å². The number of fused-ring (bicyclic) bond motifs is 3. The van der Waals surface area contributed by atoms with Crippen molar-refractivity contribution in [1.29, 1.82) is 0 Å². The number of rotatable bonds is 4. The number of benzene rings is 3. The van der Waals surface area contributed by atoms with Gasteiger partial charge in [0, 0.05) is 34.1 Å². The number of para-hydroxylation sites is 1. The van der Waals surface area contributed by atoms with Crippen LogP contribution in [-0.4, -0.2) is 17.5 Å². The first kappa shape index (κ1) is 16.1. The molecule has 4 aromatic rings. The van der Waals surface area contributed by atoms with Crippen molar-refractivity contribution < 1.29 is 18.3 Å². The molecule has 0 spiro atoms. The second-order valence-electron chi connectivity index (χ2n) is 5.84. The summed E-state index contributed by atoms with van der Waals surface area (Å²) < 4.78 is 31.5. The van der Waals surface area contributed by atoms with Gasteiger partial charge in [0.05, 0.1) is 5.52 Å². The van der Waals surface area contributed by atoms with Crippen molar-refractivity contribution in [2.24, 2.45) is 0 Å². The molecule has 0 bridgehead atoms. The molecule has 6 heteroatoms. The number of amides is 1. The van der Waals surface area contributed by atoms with Crippen LogP contribution < -0.4 is 10.1 Å².